The van der Waals surface area contributed by atoms with Gasteiger partial charge in [0.05, 0.1) is 16.2 Å². The molecule has 5 nitrogen and oxygen atoms in total. The highest BCUT2D eigenvalue weighted by molar-refractivity contribution is 5.59. The number of hydrogen-bond acceptors (Lipinski definition) is 4. The van der Waals surface area contributed by atoms with Crippen molar-refractivity contribution in [3.63, 3.8) is 0 Å². The van der Waals surface area contributed by atoms with Crippen LogP contribution in [0.5, 0.6) is 11.5 Å². The quantitative estimate of drug-likeness (QED) is 0.528. The minimum absolute atomic E-state index is 0.0858. The van der Waals surface area contributed by atoms with Crippen molar-refractivity contribution in [1.82, 2.24) is 0 Å². The van der Waals surface area contributed by atoms with E-state index in [0.717, 1.165) is 30.3 Å². The number of hydrogen-bond donors (Lipinski definition) is 1. The third kappa shape index (κ3) is 3.22. The molecule has 0 aliphatic rings. The first-order valence-electron chi connectivity index (χ1n) is 5.67. The molecule has 2 rings (SSSR count). The lowest BCUT2D eigenvalue weighted by Gasteiger charge is -2.14. The fourth-order valence-electron chi connectivity index (χ4n) is 1.65. The number of non-ortho nitro benzene ring substituents is 1. The molecule has 0 unspecified atom stereocenters. The molecule has 0 spiro atoms. The molecule has 0 aliphatic heterocycles. The van der Waals surface area contributed by atoms with Gasteiger partial charge < -0.3 is 10.5 Å². The van der Waals surface area contributed by atoms with Gasteiger partial charge in [-0.25, -0.2) is 0 Å². The van der Waals surface area contributed by atoms with Crippen LogP contribution in [0, 0.1) is 10.1 Å². The van der Waals surface area contributed by atoms with Gasteiger partial charge in [0.2, 0.25) is 0 Å². The predicted octanol–water partition coefficient (Wildman–Crippen LogP) is 3.99. The van der Waals surface area contributed by atoms with E-state index in [2.05, 4.69) is 0 Å². The highest BCUT2D eigenvalue weighted by atomic mass is 19.4. The fourth-order valence-corrected chi connectivity index (χ4v) is 1.65. The molecule has 0 bridgehead atoms. The highest BCUT2D eigenvalue weighted by Crippen LogP contribution is 2.39. The van der Waals surface area contributed by atoms with Gasteiger partial charge in [-0.05, 0) is 18.2 Å². The molecule has 2 aromatic rings. The number of nitrogen functional groups attached to an aromatic ring is 1. The normalized spacial score (nSPS) is 11.2. The Kier molecular flexibility index (Phi) is 3.70. The second-order valence-electron chi connectivity index (χ2n) is 4.08. The number of halogens is 3. The van der Waals surface area contributed by atoms with Crippen LogP contribution in [0.1, 0.15) is 5.56 Å². The van der Waals surface area contributed by atoms with Gasteiger partial charge >= 0.3 is 6.18 Å². The molecule has 0 radical (unpaired) electrons. The summed E-state index contributed by atoms with van der Waals surface area (Å²) in [6, 6.07) is 7.90. The summed E-state index contributed by atoms with van der Waals surface area (Å²) in [5.41, 5.74) is 4.20. The van der Waals surface area contributed by atoms with Gasteiger partial charge in [-0.15, -0.1) is 0 Å². The topological polar surface area (TPSA) is 78.4 Å². The Labute approximate surface area is 116 Å². The molecular weight excluding hydrogens is 289 g/mol. The predicted molar refractivity (Wildman–Crippen MR) is 69.0 cm³/mol. The first kappa shape index (κ1) is 14.6. The SMILES string of the molecule is Nc1cc([N+](=O)[O-])ccc1Oc1ccccc1C(F)(F)F. The van der Waals surface area contributed by atoms with Gasteiger partial charge in [-0.3, -0.25) is 10.1 Å². The Hall–Kier alpha value is -2.77. The number of nitrogens with two attached hydrogens (primary N) is 1. The number of nitro groups is 1. The Morgan fingerprint density at radius 1 is 1.10 bits per heavy atom. The van der Waals surface area contributed by atoms with E-state index in [-0.39, 0.29) is 17.1 Å². The third-order valence-electron chi connectivity index (χ3n) is 2.62. The van der Waals surface area contributed by atoms with Crippen molar-refractivity contribution in [2.45, 2.75) is 6.18 Å². The van der Waals surface area contributed by atoms with Crippen LogP contribution in [0.15, 0.2) is 42.5 Å². The standard InChI is InChI=1S/C13H9F3N2O3/c14-13(15,16)9-3-1-2-4-11(9)21-12-6-5-8(18(19)20)7-10(12)17/h1-7H,17H2. The van der Waals surface area contributed by atoms with E-state index in [9.17, 15) is 23.3 Å². The van der Waals surface area contributed by atoms with Crippen LogP contribution < -0.4 is 10.5 Å². The first-order valence-corrected chi connectivity index (χ1v) is 5.67. The molecule has 110 valence electrons. The van der Waals surface area contributed by atoms with Gasteiger partial charge in [-0.1, -0.05) is 12.1 Å². The molecule has 0 fully saturated rings. The van der Waals surface area contributed by atoms with Crippen molar-refractivity contribution in [3.05, 3.63) is 58.1 Å². The Bertz CT molecular complexity index is 687. The second-order valence-corrected chi connectivity index (χ2v) is 4.08. The molecule has 8 heteroatoms. The molecule has 0 atom stereocenters. The van der Waals surface area contributed by atoms with E-state index >= 15 is 0 Å². The van der Waals surface area contributed by atoms with Gasteiger partial charge in [0.15, 0.2) is 5.75 Å². The molecule has 0 amide bonds. The third-order valence-corrected chi connectivity index (χ3v) is 2.62. The van der Waals surface area contributed by atoms with Crippen LogP contribution in [0.3, 0.4) is 0 Å². The smallest absolute Gasteiger partial charge is 0.419 e. The van der Waals surface area contributed by atoms with Crippen molar-refractivity contribution in [1.29, 1.82) is 0 Å². The molecule has 0 saturated heterocycles. The van der Waals surface area contributed by atoms with Crippen molar-refractivity contribution < 1.29 is 22.8 Å². The summed E-state index contributed by atoms with van der Waals surface area (Å²) in [5.74, 6) is -0.511. The maximum Gasteiger partial charge on any atom is 0.419 e. The number of para-hydroxylation sites is 1. The van der Waals surface area contributed by atoms with Gasteiger partial charge in [-0.2, -0.15) is 13.2 Å². The Balaban J connectivity index is 2.38. The van der Waals surface area contributed by atoms with E-state index in [1.165, 1.54) is 12.1 Å². The lowest BCUT2D eigenvalue weighted by atomic mass is 10.2. The van der Waals surface area contributed by atoms with Crippen molar-refractivity contribution >= 4 is 11.4 Å². The maximum absolute atomic E-state index is 12.8. The van der Waals surface area contributed by atoms with Crippen molar-refractivity contribution in [2.24, 2.45) is 0 Å². The molecule has 0 saturated carbocycles. The lowest BCUT2D eigenvalue weighted by molar-refractivity contribution is -0.384. The largest absolute Gasteiger partial charge is 0.455 e. The van der Waals surface area contributed by atoms with Gasteiger partial charge in [0.25, 0.3) is 5.69 Å². The van der Waals surface area contributed by atoms with Crippen molar-refractivity contribution in [2.75, 3.05) is 5.73 Å². The Morgan fingerprint density at radius 2 is 1.76 bits per heavy atom. The summed E-state index contributed by atoms with van der Waals surface area (Å²) in [5, 5.41) is 10.6. The van der Waals surface area contributed by atoms with E-state index in [4.69, 9.17) is 10.5 Å². The molecule has 2 aromatic carbocycles. The van der Waals surface area contributed by atoms with Crippen LogP contribution >= 0.6 is 0 Å². The van der Waals surface area contributed by atoms with Crippen LogP contribution in [0.2, 0.25) is 0 Å². The zero-order valence-corrected chi connectivity index (χ0v) is 10.4. The monoisotopic (exact) mass is 298 g/mol. The molecular formula is C13H9F3N2O3. The average Bonchev–Trinajstić information content (AvgIpc) is 2.40. The van der Waals surface area contributed by atoms with Gasteiger partial charge in [0, 0.05) is 12.1 Å². The maximum atomic E-state index is 12.8. The minimum atomic E-state index is -4.58. The van der Waals surface area contributed by atoms with E-state index < -0.39 is 22.4 Å². The number of alkyl halides is 3. The molecule has 2 N–H and O–H groups in total. The molecule has 0 heterocycles. The van der Waals surface area contributed by atoms with Crippen LogP contribution in [-0.4, -0.2) is 4.92 Å². The number of anilines is 1. The zero-order chi connectivity index (χ0) is 15.6. The van der Waals surface area contributed by atoms with Crippen LogP contribution in [-0.2, 0) is 6.18 Å². The second kappa shape index (κ2) is 5.31. The minimum Gasteiger partial charge on any atom is -0.455 e. The van der Waals surface area contributed by atoms with Crippen LogP contribution in [0.25, 0.3) is 0 Å². The summed E-state index contributed by atoms with van der Waals surface area (Å²) < 4.78 is 43.6. The van der Waals surface area contributed by atoms with Crippen molar-refractivity contribution in [3.8, 4) is 11.5 Å². The molecule has 0 aromatic heterocycles. The van der Waals surface area contributed by atoms with E-state index in [1.54, 1.807) is 0 Å². The lowest BCUT2D eigenvalue weighted by Crippen LogP contribution is -2.07. The molecule has 21 heavy (non-hydrogen) atoms. The number of nitrogens with zero attached hydrogens (tertiary/aromatic N) is 1. The summed E-state index contributed by atoms with van der Waals surface area (Å²) in [4.78, 5) is 9.91. The fraction of sp³-hybridized carbons (Fsp3) is 0.0769. The number of ether oxygens (including phenoxy) is 1. The number of nitro benzene ring substituents is 1. The van der Waals surface area contributed by atoms with Crippen LogP contribution in [0.4, 0.5) is 24.5 Å². The van der Waals surface area contributed by atoms with Gasteiger partial charge in [0.1, 0.15) is 5.75 Å². The Morgan fingerprint density at radius 3 is 2.33 bits per heavy atom. The number of rotatable bonds is 3. The highest BCUT2D eigenvalue weighted by Gasteiger charge is 2.34. The first-order chi connectivity index (χ1) is 9.79. The van der Waals surface area contributed by atoms with E-state index in [1.807, 2.05) is 0 Å². The molecule has 0 aliphatic carbocycles. The average molecular weight is 298 g/mol. The summed E-state index contributed by atoms with van der Waals surface area (Å²) in [7, 11) is 0. The number of benzene rings is 2. The zero-order valence-electron chi connectivity index (χ0n) is 10.4. The summed E-state index contributed by atoms with van der Waals surface area (Å²) >= 11 is 0. The summed E-state index contributed by atoms with van der Waals surface area (Å²) in [6.45, 7) is 0. The van der Waals surface area contributed by atoms with E-state index in [0.29, 0.717) is 0 Å². The summed E-state index contributed by atoms with van der Waals surface area (Å²) in [6.07, 6.45) is -4.58.